The van der Waals surface area contributed by atoms with E-state index in [0.29, 0.717) is 12.8 Å². The average Bonchev–Trinajstić information content (AvgIpc) is 2.49. The molecule has 1 fully saturated rings. The third kappa shape index (κ3) is 2.55. The lowest BCUT2D eigenvalue weighted by atomic mass is 9.69. The number of methoxy groups -OCH3 is 2. The molecule has 0 bridgehead atoms. The molecule has 4 heteroatoms. The van der Waals surface area contributed by atoms with E-state index < -0.39 is 11.4 Å². The SMILES string of the molecule is COC(=O)C1(C)CCC(c2ccc(OC)cc2)CC1=O. The van der Waals surface area contributed by atoms with Crippen molar-refractivity contribution in [2.75, 3.05) is 14.2 Å². The summed E-state index contributed by atoms with van der Waals surface area (Å²) in [5, 5.41) is 0. The van der Waals surface area contributed by atoms with E-state index in [-0.39, 0.29) is 11.7 Å². The lowest BCUT2D eigenvalue weighted by Crippen LogP contribution is -2.41. The highest BCUT2D eigenvalue weighted by molar-refractivity contribution is 6.04. The first kappa shape index (κ1) is 14.6. The average molecular weight is 276 g/mol. The first-order valence-electron chi connectivity index (χ1n) is 6.77. The number of hydrogen-bond acceptors (Lipinski definition) is 4. The Morgan fingerprint density at radius 2 is 1.90 bits per heavy atom. The Morgan fingerprint density at radius 3 is 2.40 bits per heavy atom. The Labute approximate surface area is 119 Å². The number of esters is 1. The molecule has 1 aromatic rings. The maximum absolute atomic E-state index is 12.3. The Bertz CT molecular complexity index is 506. The van der Waals surface area contributed by atoms with Gasteiger partial charge in [0.15, 0.2) is 5.78 Å². The minimum atomic E-state index is -0.974. The molecular formula is C16H20O4. The minimum absolute atomic E-state index is 0.0311. The van der Waals surface area contributed by atoms with Gasteiger partial charge in [0.05, 0.1) is 14.2 Å². The van der Waals surface area contributed by atoms with Gasteiger partial charge >= 0.3 is 5.97 Å². The van der Waals surface area contributed by atoms with Gasteiger partial charge in [-0.25, -0.2) is 0 Å². The van der Waals surface area contributed by atoms with E-state index in [0.717, 1.165) is 17.7 Å². The van der Waals surface area contributed by atoms with Crippen molar-refractivity contribution in [3.8, 4) is 5.75 Å². The van der Waals surface area contributed by atoms with E-state index in [9.17, 15) is 9.59 Å². The number of benzene rings is 1. The fraction of sp³-hybridized carbons (Fsp3) is 0.500. The molecule has 2 atom stereocenters. The number of ether oxygens (including phenoxy) is 2. The first-order valence-corrected chi connectivity index (χ1v) is 6.77. The van der Waals surface area contributed by atoms with Crippen LogP contribution >= 0.6 is 0 Å². The maximum atomic E-state index is 12.3. The second kappa shape index (κ2) is 5.65. The minimum Gasteiger partial charge on any atom is -0.497 e. The van der Waals surface area contributed by atoms with Gasteiger partial charge in [-0.2, -0.15) is 0 Å². The van der Waals surface area contributed by atoms with Crippen LogP contribution in [0.2, 0.25) is 0 Å². The monoisotopic (exact) mass is 276 g/mol. The van der Waals surface area contributed by atoms with E-state index in [2.05, 4.69) is 0 Å². The number of ketones is 1. The Balaban J connectivity index is 2.12. The van der Waals surface area contributed by atoms with Crippen LogP contribution in [0.1, 0.15) is 37.7 Å². The van der Waals surface area contributed by atoms with Gasteiger partial charge in [-0.05, 0) is 43.4 Å². The third-order valence-corrected chi connectivity index (χ3v) is 4.26. The van der Waals surface area contributed by atoms with Crippen LogP contribution in [0.3, 0.4) is 0 Å². The fourth-order valence-electron chi connectivity index (χ4n) is 2.76. The number of carbonyl (C=O) groups excluding carboxylic acids is 2. The van der Waals surface area contributed by atoms with E-state index in [1.54, 1.807) is 14.0 Å². The normalized spacial score (nSPS) is 26.1. The zero-order valence-electron chi connectivity index (χ0n) is 12.1. The molecule has 0 aromatic heterocycles. The predicted molar refractivity (Wildman–Crippen MR) is 74.7 cm³/mol. The molecule has 1 aliphatic carbocycles. The molecular weight excluding hydrogens is 256 g/mol. The third-order valence-electron chi connectivity index (χ3n) is 4.26. The lowest BCUT2D eigenvalue weighted by Gasteiger charge is -2.33. The number of Topliss-reactive ketones (excluding diaryl/α,β-unsaturated/α-hetero) is 1. The van der Waals surface area contributed by atoms with Gasteiger partial charge in [-0.15, -0.1) is 0 Å². The molecule has 0 spiro atoms. The van der Waals surface area contributed by atoms with Crippen molar-refractivity contribution in [1.82, 2.24) is 0 Å². The fourth-order valence-corrected chi connectivity index (χ4v) is 2.76. The second-order valence-corrected chi connectivity index (χ2v) is 5.46. The molecule has 0 saturated heterocycles. The summed E-state index contributed by atoms with van der Waals surface area (Å²) in [6.45, 7) is 1.69. The highest BCUT2D eigenvalue weighted by Gasteiger charge is 2.45. The number of carbonyl (C=O) groups is 2. The summed E-state index contributed by atoms with van der Waals surface area (Å²) in [4.78, 5) is 24.1. The van der Waals surface area contributed by atoms with Crippen molar-refractivity contribution < 1.29 is 19.1 Å². The Kier molecular flexibility index (Phi) is 4.12. The molecule has 1 aromatic carbocycles. The molecule has 1 saturated carbocycles. The first-order chi connectivity index (χ1) is 9.51. The summed E-state index contributed by atoms with van der Waals surface area (Å²) in [5.74, 6) is 0.522. The van der Waals surface area contributed by atoms with Crippen LogP contribution < -0.4 is 4.74 Å². The molecule has 0 aliphatic heterocycles. The van der Waals surface area contributed by atoms with Crippen molar-refractivity contribution >= 4 is 11.8 Å². The van der Waals surface area contributed by atoms with Crippen molar-refractivity contribution in [3.63, 3.8) is 0 Å². The van der Waals surface area contributed by atoms with Crippen LogP contribution in [0.25, 0.3) is 0 Å². The maximum Gasteiger partial charge on any atom is 0.319 e. The van der Waals surface area contributed by atoms with Crippen LogP contribution in [0, 0.1) is 5.41 Å². The molecule has 0 amide bonds. The van der Waals surface area contributed by atoms with Gasteiger partial charge in [0.2, 0.25) is 0 Å². The van der Waals surface area contributed by atoms with Gasteiger partial charge < -0.3 is 9.47 Å². The highest BCUT2D eigenvalue weighted by atomic mass is 16.5. The smallest absolute Gasteiger partial charge is 0.319 e. The van der Waals surface area contributed by atoms with Crippen molar-refractivity contribution in [3.05, 3.63) is 29.8 Å². The molecule has 4 nitrogen and oxygen atoms in total. The zero-order chi connectivity index (χ0) is 14.8. The van der Waals surface area contributed by atoms with Crippen LogP contribution in [-0.2, 0) is 14.3 Å². The molecule has 2 unspecified atom stereocenters. The van der Waals surface area contributed by atoms with E-state index in [1.165, 1.54) is 7.11 Å². The van der Waals surface area contributed by atoms with Crippen LogP contribution in [0.5, 0.6) is 5.75 Å². The standard InChI is InChI=1S/C16H20O4/c1-16(15(18)20-3)9-8-12(10-14(16)17)11-4-6-13(19-2)7-5-11/h4-7,12H,8-10H2,1-3H3. The summed E-state index contributed by atoms with van der Waals surface area (Å²) in [6, 6.07) is 7.76. The molecule has 2 rings (SSSR count). The summed E-state index contributed by atoms with van der Waals surface area (Å²) < 4.78 is 9.89. The summed E-state index contributed by atoms with van der Waals surface area (Å²) in [7, 11) is 2.96. The van der Waals surface area contributed by atoms with E-state index in [1.807, 2.05) is 24.3 Å². The van der Waals surface area contributed by atoms with Crippen LogP contribution in [0.4, 0.5) is 0 Å². The quantitative estimate of drug-likeness (QED) is 0.629. The van der Waals surface area contributed by atoms with Gasteiger partial charge in [0, 0.05) is 6.42 Å². The number of rotatable bonds is 3. The summed E-state index contributed by atoms with van der Waals surface area (Å²) in [6.07, 6.45) is 1.73. The summed E-state index contributed by atoms with van der Waals surface area (Å²) in [5.41, 5.74) is 0.142. The second-order valence-electron chi connectivity index (χ2n) is 5.46. The lowest BCUT2D eigenvalue weighted by molar-refractivity contribution is -0.159. The highest BCUT2D eigenvalue weighted by Crippen LogP contribution is 2.41. The van der Waals surface area contributed by atoms with E-state index >= 15 is 0 Å². The van der Waals surface area contributed by atoms with Crippen LogP contribution in [-0.4, -0.2) is 26.0 Å². The van der Waals surface area contributed by atoms with Gasteiger partial charge in [0.25, 0.3) is 0 Å². The molecule has 108 valence electrons. The van der Waals surface area contributed by atoms with Crippen LogP contribution in [0.15, 0.2) is 24.3 Å². The van der Waals surface area contributed by atoms with Gasteiger partial charge in [-0.3, -0.25) is 9.59 Å². The van der Waals surface area contributed by atoms with Crippen molar-refractivity contribution in [2.24, 2.45) is 5.41 Å². The Morgan fingerprint density at radius 1 is 1.25 bits per heavy atom. The van der Waals surface area contributed by atoms with Gasteiger partial charge in [0.1, 0.15) is 11.2 Å². The Hall–Kier alpha value is -1.84. The van der Waals surface area contributed by atoms with Gasteiger partial charge in [-0.1, -0.05) is 12.1 Å². The molecule has 0 radical (unpaired) electrons. The molecule has 0 heterocycles. The number of hydrogen-bond donors (Lipinski definition) is 0. The zero-order valence-corrected chi connectivity index (χ0v) is 12.1. The predicted octanol–water partition coefficient (Wildman–Crippen LogP) is 2.71. The molecule has 0 N–H and O–H groups in total. The van der Waals surface area contributed by atoms with Crippen molar-refractivity contribution in [2.45, 2.75) is 32.1 Å². The van der Waals surface area contributed by atoms with Crippen molar-refractivity contribution in [1.29, 1.82) is 0 Å². The summed E-state index contributed by atoms with van der Waals surface area (Å²) >= 11 is 0. The molecule has 1 aliphatic rings. The van der Waals surface area contributed by atoms with E-state index in [4.69, 9.17) is 9.47 Å². The molecule has 20 heavy (non-hydrogen) atoms. The topological polar surface area (TPSA) is 52.6 Å². The largest absolute Gasteiger partial charge is 0.497 e.